The molecule has 1 aromatic carbocycles. The van der Waals surface area contributed by atoms with E-state index in [1.165, 1.54) is 0 Å². The standard InChI is InChI=1S/C17H15FN4O/c1-9-12(8-22-17-16(9)21-4-5-23-17)11-6-10-2-3-20-7-13(10)15(19)14(11)18/h2-3,6-8,21H,4-5,19H2,1H3. The maximum Gasteiger partial charge on any atom is 0.237 e. The van der Waals surface area contributed by atoms with Gasteiger partial charge in [0.05, 0.1) is 5.69 Å². The first kappa shape index (κ1) is 13.8. The third-order valence-electron chi connectivity index (χ3n) is 4.15. The highest BCUT2D eigenvalue weighted by Gasteiger charge is 2.20. The van der Waals surface area contributed by atoms with E-state index in [1.54, 1.807) is 24.7 Å². The van der Waals surface area contributed by atoms with Gasteiger partial charge in [-0.3, -0.25) is 4.98 Å². The largest absolute Gasteiger partial charge is 0.474 e. The van der Waals surface area contributed by atoms with Crippen LogP contribution in [0.5, 0.6) is 5.88 Å². The molecule has 0 atom stereocenters. The summed E-state index contributed by atoms with van der Waals surface area (Å²) in [4.78, 5) is 8.31. The topological polar surface area (TPSA) is 73.1 Å². The number of pyridine rings is 2. The smallest absolute Gasteiger partial charge is 0.237 e. The minimum atomic E-state index is -0.452. The van der Waals surface area contributed by atoms with Crippen molar-refractivity contribution in [1.29, 1.82) is 0 Å². The molecule has 6 heteroatoms. The zero-order chi connectivity index (χ0) is 16.0. The van der Waals surface area contributed by atoms with Crippen molar-refractivity contribution >= 4 is 22.1 Å². The van der Waals surface area contributed by atoms with Crippen molar-refractivity contribution in [3.8, 4) is 17.0 Å². The molecule has 3 aromatic rings. The van der Waals surface area contributed by atoms with E-state index in [2.05, 4.69) is 15.3 Å². The second-order valence-electron chi connectivity index (χ2n) is 5.50. The number of anilines is 2. The van der Waals surface area contributed by atoms with Crippen LogP contribution >= 0.6 is 0 Å². The van der Waals surface area contributed by atoms with Crippen LogP contribution < -0.4 is 15.8 Å². The summed E-state index contributed by atoms with van der Waals surface area (Å²) in [6.45, 7) is 3.19. The summed E-state index contributed by atoms with van der Waals surface area (Å²) in [5.41, 5.74) is 8.90. The number of hydrogen-bond acceptors (Lipinski definition) is 5. The Balaban J connectivity index is 1.98. The molecule has 3 heterocycles. The third-order valence-corrected chi connectivity index (χ3v) is 4.15. The Morgan fingerprint density at radius 2 is 2.17 bits per heavy atom. The molecule has 0 radical (unpaired) electrons. The normalized spacial score (nSPS) is 13.3. The Hall–Kier alpha value is -2.89. The van der Waals surface area contributed by atoms with E-state index in [0.717, 1.165) is 16.6 Å². The van der Waals surface area contributed by atoms with Gasteiger partial charge in [-0.25, -0.2) is 9.37 Å². The first-order chi connectivity index (χ1) is 11.2. The molecule has 0 amide bonds. The van der Waals surface area contributed by atoms with Gasteiger partial charge in [-0.1, -0.05) is 0 Å². The summed E-state index contributed by atoms with van der Waals surface area (Å²) >= 11 is 0. The quantitative estimate of drug-likeness (QED) is 0.676. The number of rotatable bonds is 1. The minimum absolute atomic E-state index is 0.104. The van der Waals surface area contributed by atoms with Crippen LogP contribution in [0, 0.1) is 12.7 Å². The molecule has 0 fully saturated rings. The highest BCUT2D eigenvalue weighted by molar-refractivity contribution is 5.97. The number of nitrogen functional groups attached to an aromatic ring is 1. The van der Waals surface area contributed by atoms with Gasteiger partial charge in [0, 0.05) is 41.6 Å². The number of fused-ring (bicyclic) bond motifs is 2. The van der Waals surface area contributed by atoms with Gasteiger partial charge in [0.2, 0.25) is 5.88 Å². The van der Waals surface area contributed by atoms with Crippen molar-refractivity contribution in [2.24, 2.45) is 0 Å². The third kappa shape index (κ3) is 2.06. The fraction of sp³-hybridized carbons (Fsp3) is 0.176. The first-order valence-electron chi connectivity index (χ1n) is 7.35. The second kappa shape index (κ2) is 5.08. The molecule has 1 aliphatic rings. The summed E-state index contributed by atoms with van der Waals surface area (Å²) in [6.07, 6.45) is 4.87. The lowest BCUT2D eigenvalue weighted by molar-refractivity contribution is 0.310. The lowest BCUT2D eigenvalue weighted by Gasteiger charge is -2.22. The van der Waals surface area contributed by atoms with Crippen LogP contribution in [0.15, 0.2) is 30.7 Å². The predicted molar refractivity (Wildman–Crippen MR) is 88.1 cm³/mol. The van der Waals surface area contributed by atoms with Gasteiger partial charge in [-0.05, 0) is 30.0 Å². The molecule has 0 bridgehead atoms. The van der Waals surface area contributed by atoms with Gasteiger partial charge < -0.3 is 15.8 Å². The Kier molecular flexibility index (Phi) is 3.04. The number of benzene rings is 1. The van der Waals surface area contributed by atoms with Crippen molar-refractivity contribution in [2.75, 3.05) is 24.2 Å². The number of nitrogens with one attached hydrogen (secondary N) is 1. The van der Waals surface area contributed by atoms with E-state index in [-0.39, 0.29) is 5.69 Å². The fourth-order valence-electron chi connectivity index (χ4n) is 2.93. The summed E-state index contributed by atoms with van der Waals surface area (Å²) in [5.74, 6) is 0.1000. The van der Waals surface area contributed by atoms with Crippen LogP contribution in [0.1, 0.15) is 5.56 Å². The van der Waals surface area contributed by atoms with Crippen molar-refractivity contribution in [1.82, 2.24) is 9.97 Å². The molecule has 3 N–H and O–H groups in total. The van der Waals surface area contributed by atoms with E-state index in [4.69, 9.17) is 10.5 Å². The molecular weight excluding hydrogens is 295 g/mol. The lowest BCUT2D eigenvalue weighted by atomic mass is 9.97. The lowest BCUT2D eigenvalue weighted by Crippen LogP contribution is -2.20. The molecular formula is C17H15FN4O. The van der Waals surface area contributed by atoms with Gasteiger partial charge in [-0.2, -0.15) is 0 Å². The molecule has 2 aromatic heterocycles. The number of aromatic nitrogens is 2. The van der Waals surface area contributed by atoms with Crippen molar-refractivity contribution in [3.05, 3.63) is 42.1 Å². The monoisotopic (exact) mass is 310 g/mol. The molecule has 0 spiro atoms. The Labute approximate surface area is 132 Å². The van der Waals surface area contributed by atoms with Crippen LogP contribution in [0.2, 0.25) is 0 Å². The van der Waals surface area contributed by atoms with E-state index >= 15 is 0 Å². The minimum Gasteiger partial charge on any atom is -0.474 e. The van der Waals surface area contributed by atoms with E-state index < -0.39 is 5.82 Å². The van der Waals surface area contributed by atoms with Crippen molar-refractivity contribution < 1.29 is 9.13 Å². The Morgan fingerprint density at radius 3 is 3.04 bits per heavy atom. The highest BCUT2D eigenvalue weighted by Crippen LogP contribution is 2.39. The van der Waals surface area contributed by atoms with E-state index in [0.29, 0.717) is 35.5 Å². The number of hydrogen-bond donors (Lipinski definition) is 2. The molecule has 0 aliphatic carbocycles. The molecule has 0 unspecified atom stereocenters. The summed E-state index contributed by atoms with van der Waals surface area (Å²) in [6, 6.07) is 3.60. The number of ether oxygens (including phenoxy) is 1. The molecule has 4 rings (SSSR count). The van der Waals surface area contributed by atoms with Gasteiger partial charge in [-0.15, -0.1) is 0 Å². The average molecular weight is 310 g/mol. The summed E-state index contributed by atoms with van der Waals surface area (Å²) in [7, 11) is 0. The van der Waals surface area contributed by atoms with Gasteiger partial charge in [0.25, 0.3) is 0 Å². The van der Waals surface area contributed by atoms with Crippen molar-refractivity contribution in [3.63, 3.8) is 0 Å². The van der Waals surface area contributed by atoms with Crippen molar-refractivity contribution in [2.45, 2.75) is 6.92 Å². The zero-order valence-corrected chi connectivity index (χ0v) is 12.6. The molecule has 0 saturated heterocycles. The number of halogens is 1. The highest BCUT2D eigenvalue weighted by atomic mass is 19.1. The first-order valence-corrected chi connectivity index (χ1v) is 7.35. The van der Waals surface area contributed by atoms with Crippen LogP contribution in [-0.4, -0.2) is 23.1 Å². The maximum absolute atomic E-state index is 14.8. The number of nitrogens with two attached hydrogens (primary N) is 1. The van der Waals surface area contributed by atoms with Gasteiger partial charge >= 0.3 is 0 Å². The Bertz CT molecular complexity index is 926. The fourth-order valence-corrected chi connectivity index (χ4v) is 2.93. The molecule has 0 saturated carbocycles. The number of nitrogens with zero attached hydrogens (tertiary/aromatic N) is 2. The summed E-state index contributed by atoms with van der Waals surface area (Å²) in [5, 5.41) is 4.71. The predicted octanol–water partition coefficient (Wildman–Crippen LogP) is 3.13. The molecule has 23 heavy (non-hydrogen) atoms. The summed E-state index contributed by atoms with van der Waals surface area (Å²) < 4.78 is 20.3. The molecule has 1 aliphatic heterocycles. The van der Waals surface area contributed by atoms with E-state index in [9.17, 15) is 4.39 Å². The van der Waals surface area contributed by atoms with Crippen LogP contribution in [0.3, 0.4) is 0 Å². The SMILES string of the molecule is Cc1c(-c2cc3ccncc3c(N)c2F)cnc2c1NCCO2. The molecule has 116 valence electrons. The second-order valence-corrected chi connectivity index (χ2v) is 5.50. The Morgan fingerprint density at radius 1 is 1.30 bits per heavy atom. The average Bonchev–Trinajstić information content (AvgIpc) is 2.59. The van der Waals surface area contributed by atoms with Crippen LogP contribution in [-0.2, 0) is 0 Å². The maximum atomic E-state index is 14.8. The van der Waals surface area contributed by atoms with Crippen LogP contribution in [0.4, 0.5) is 15.8 Å². The van der Waals surface area contributed by atoms with Crippen LogP contribution in [0.25, 0.3) is 21.9 Å². The zero-order valence-electron chi connectivity index (χ0n) is 12.6. The molecule has 5 nitrogen and oxygen atoms in total. The van der Waals surface area contributed by atoms with E-state index in [1.807, 2.05) is 13.0 Å². The van der Waals surface area contributed by atoms with Gasteiger partial charge in [0.15, 0.2) is 5.82 Å². The van der Waals surface area contributed by atoms with Gasteiger partial charge in [0.1, 0.15) is 12.3 Å².